The van der Waals surface area contributed by atoms with Gasteiger partial charge in [0.2, 0.25) is 0 Å². The van der Waals surface area contributed by atoms with Gasteiger partial charge in [0.1, 0.15) is 11.6 Å². The Morgan fingerprint density at radius 1 is 1.25 bits per heavy atom. The molecular formula is C20H29N7O. The third-order valence-corrected chi connectivity index (χ3v) is 5.53. The van der Waals surface area contributed by atoms with E-state index >= 15 is 0 Å². The zero-order valence-corrected chi connectivity index (χ0v) is 16.7. The van der Waals surface area contributed by atoms with Crippen molar-refractivity contribution in [2.45, 2.75) is 44.8 Å². The number of nitrogens with zero attached hydrogens (tertiary/aromatic N) is 5. The van der Waals surface area contributed by atoms with Crippen LogP contribution in [0.1, 0.15) is 30.9 Å². The fourth-order valence-corrected chi connectivity index (χ4v) is 4.04. The normalized spacial score (nSPS) is 19.4. The van der Waals surface area contributed by atoms with E-state index in [1.165, 1.54) is 12.8 Å². The summed E-state index contributed by atoms with van der Waals surface area (Å²) in [4.78, 5) is 6.75. The molecule has 0 spiro atoms. The maximum absolute atomic E-state index is 5.51. The van der Waals surface area contributed by atoms with E-state index in [-0.39, 0.29) is 0 Å². The third-order valence-electron chi connectivity index (χ3n) is 5.53. The van der Waals surface area contributed by atoms with Crippen LogP contribution in [0, 0.1) is 0 Å². The average molecular weight is 384 g/mol. The summed E-state index contributed by atoms with van der Waals surface area (Å²) < 4.78 is 7.75. The van der Waals surface area contributed by atoms with Crippen LogP contribution in [-0.4, -0.2) is 54.0 Å². The number of methoxy groups -OCH3 is 1. The smallest absolute Gasteiger partial charge is 0.191 e. The molecule has 1 fully saturated rings. The second kappa shape index (κ2) is 8.50. The summed E-state index contributed by atoms with van der Waals surface area (Å²) in [6, 6.07) is 8.52. The fourth-order valence-electron chi connectivity index (χ4n) is 4.04. The highest BCUT2D eigenvalue weighted by molar-refractivity contribution is 5.80. The van der Waals surface area contributed by atoms with Gasteiger partial charge >= 0.3 is 0 Å². The highest BCUT2D eigenvalue weighted by atomic mass is 16.5. The van der Waals surface area contributed by atoms with Crippen LogP contribution in [0.25, 0.3) is 0 Å². The monoisotopic (exact) mass is 383 g/mol. The van der Waals surface area contributed by atoms with E-state index in [1.807, 2.05) is 19.2 Å². The number of anilines is 1. The molecule has 2 N–H and O–H groups in total. The van der Waals surface area contributed by atoms with Gasteiger partial charge in [0.25, 0.3) is 0 Å². The topological polar surface area (TPSA) is 79.6 Å². The summed E-state index contributed by atoms with van der Waals surface area (Å²) in [7, 11) is 3.53. The van der Waals surface area contributed by atoms with Crippen molar-refractivity contribution in [1.82, 2.24) is 25.4 Å². The van der Waals surface area contributed by atoms with Gasteiger partial charge in [-0.3, -0.25) is 4.99 Å². The Morgan fingerprint density at radius 2 is 2.14 bits per heavy atom. The van der Waals surface area contributed by atoms with Gasteiger partial charge in [-0.05, 0) is 31.4 Å². The molecule has 1 saturated heterocycles. The second-order valence-corrected chi connectivity index (χ2v) is 7.31. The molecule has 2 aromatic rings. The number of aryl methyl sites for hydroxylation is 1. The molecule has 0 bridgehead atoms. The summed E-state index contributed by atoms with van der Waals surface area (Å²) in [5.41, 5.74) is 1.15. The quantitative estimate of drug-likeness (QED) is 0.603. The van der Waals surface area contributed by atoms with Crippen LogP contribution in [0.4, 0.5) is 5.69 Å². The number of aliphatic imine (C=N–C) groups is 1. The van der Waals surface area contributed by atoms with Crippen LogP contribution in [0.15, 0.2) is 29.3 Å². The lowest BCUT2D eigenvalue weighted by molar-refractivity contribution is 0.415. The molecular weight excluding hydrogens is 354 g/mol. The van der Waals surface area contributed by atoms with E-state index in [0.29, 0.717) is 12.6 Å². The molecule has 2 aliphatic rings. The highest BCUT2D eigenvalue weighted by Gasteiger charge is 2.25. The van der Waals surface area contributed by atoms with Crippen LogP contribution < -0.4 is 20.3 Å². The summed E-state index contributed by atoms with van der Waals surface area (Å²) >= 11 is 0. The molecule has 0 amide bonds. The van der Waals surface area contributed by atoms with E-state index in [0.717, 1.165) is 61.5 Å². The summed E-state index contributed by atoms with van der Waals surface area (Å²) in [5.74, 6) is 3.82. The summed E-state index contributed by atoms with van der Waals surface area (Å²) in [6.45, 7) is 3.56. The largest absolute Gasteiger partial charge is 0.495 e. The van der Waals surface area contributed by atoms with Crippen molar-refractivity contribution in [3.8, 4) is 5.75 Å². The number of fused-ring (bicyclic) bond motifs is 1. The minimum absolute atomic E-state index is 0.337. The van der Waals surface area contributed by atoms with Gasteiger partial charge in [0, 0.05) is 39.1 Å². The molecule has 1 aromatic carbocycles. The van der Waals surface area contributed by atoms with Crippen molar-refractivity contribution >= 4 is 11.6 Å². The second-order valence-electron chi connectivity index (χ2n) is 7.31. The molecule has 28 heavy (non-hydrogen) atoms. The number of aromatic nitrogens is 3. The zero-order valence-electron chi connectivity index (χ0n) is 16.7. The molecule has 2 aliphatic heterocycles. The Kier molecular flexibility index (Phi) is 5.64. The summed E-state index contributed by atoms with van der Waals surface area (Å²) in [5, 5.41) is 15.6. The predicted molar refractivity (Wildman–Crippen MR) is 110 cm³/mol. The standard InChI is InChI=1S/C20H29N7O/c1-21-20(22-13-19-25-24-18-9-5-6-11-27(18)19)23-15-10-12-26(14-15)16-7-3-4-8-17(16)28-2/h3-4,7-8,15H,5-6,9-14H2,1-2H3,(H2,21,22,23). The lowest BCUT2D eigenvalue weighted by Crippen LogP contribution is -2.44. The van der Waals surface area contributed by atoms with Crippen molar-refractivity contribution in [1.29, 1.82) is 0 Å². The number of benzene rings is 1. The van der Waals surface area contributed by atoms with E-state index in [4.69, 9.17) is 4.74 Å². The number of rotatable bonds is 5. The van der Waals surface area contributed by atoms with Crippen molar-refractivity contribution in [3.05, 3.63) is 35.9 Å². The number of para-hydroxylation sites is 2. The number of hydrogen-bond acceptors (Lipinski definition) is 5. The van der Waals surface area contributed by atoms with E-state index in [9.17, 15) is 0 Å². The first-order valence-corrected chi connectivity index (χ1v) is 10.0. The molecule has 1 atom stereocenters. The van der Waals surface area contributed by atoms with E-state index < -0.39 is 0 Å². The minimum Gasteiger partial charge on any atom is -0.495 e. The maximum Gasteiger partial charge on any atom is 0.191 e. The predicted octanol–water partition coefficient (Wildman–Crippen LogP) is 1.57. The Bertz CT molecular complexity index is 832. The SMILES string of the molecule is CN=C(NCc1nnc2n1CCCC2)NC1CCN(c2ccccc2OC)C1. The van der Waals surface area contributed by atoms with Crippen LogP contribution in [0.3, 0.4) is 0 Å². The Balaban J connectivity index is 1.33. The molecule has 8 heteroatoms. The first-order valence-electron chi connectivity index (χ1n) is 10.0. The molecule has 1 aromatic heterocycles. The van der Waals surface area contributed by atoms with Crippen LogP contribution in [0.2, 0.25) is 0 Å². The van der Waals surface area contributed by atoms with Crippen molar-refractivity contribution in [3.63, 3.8) is 0 Å². The van der Waals surface area contributed by atoms with Gasteiger partial charge in [-0.15, -0.1) is 10.2 Å². The summed E-state index contributed by atoms with van der Waals surface area (Å²) in [6.07, 6.45) is 4.49. The van der Waals surface area contributed by atoms with Gasteiger partial charge in [0.15, 0.2) is 11.8 Å². The minimum atomic E-state index is 0.337. The van der Waals surface area contributed by atoms with Crippen LogP contribution >= 0.6 is 0 Å². The van der Waals surface area contributed by atoms with Gasteiger partial charge in [-0.1, -0.05) is 12.1 Å². The molecule has 0 radical (unpaired) electrons. The lowest BCUT2D eigenvalue weighted by Gasteiger charge is -2.22. The highest BCUT2D eigenvalue weighted by Crippen LogP contribution is 2.30. The van der Waals surface area contributed by atoms with Gasteiger partial charge < -0.3 is 24.8 Å². The lowest BCUT2D eigenvalue weighted by atomic mass is 10.2. The van der Waals surface area contributed by atoms with Crippen molar-refractivity contribution < 1.29 is 4.74 Å². The first-order chi connectivity index (χ1) is 13.8. The number of nitrogens with one attached hydrogen (secondary N) is 2. The molecule has 0 saturated carbocycles. The zero-order chi connectivity index (χ0) is 19.3. The first kappa shape index (κ1) is 18.6. The third kappa shape index (κ3) is 3.90. The molecule has 8 nitrogen and oxygen atoms in total. The van der Waals surface area contributed by atoms with Gasteiger partial charge in [0.05, 0.1) is 19.3 Å². The molecule has 150 valence electrons. The average Bonchev–Trinajstić information content (AvgIpc) is 3.38. The maximum atomic E-state index is 5.51. The fraction of sp³-hybridized carbons (Fsp3) is 0.550. The van der Waals surface area contributed by atoms with E-state index in [2.05, 4.69) is 47.4 Å². The Labute approximate surface area is 166 Å². The number of guanidine groups is 1. The number of hydrogen-bond donors (Lipinski definition) is 2. The van der Waals surface area contributed by atoms with E-state index in [1.54, 1.807) is 7.11 Å². The van der Waals surface area contributed by atoms with Crippen LogP contribution in [-0.2, 0) is 19.5 Å². The van der Waals surface area contributed by atoms with Crippen molar-refractivity contribution in [2.75, 3.05) is 32.1 Å². The Morgan fingerprint density at radius 3 is 3.00 bits per heavy atom. The van der Waals surface area contributed by atoms with Gasteiger partial charge in [-0.2, -0.15) is 0 Å². The molecule has 4 rings (SSSR count). The van der Waals surface area contributed by atoms with Crippen LogP contribution in [0.5, 0.6) is 5.75 Å². The van der Waals surface area contributed by atoms with Crippen molar-refractivity contribution in [2.24, 2.45) is 4.99 Å². The Hall–Kier alpha value is -2.77. The molecule has 3 heterocycles. The van der Waals surface area contributed by atoms with Gasteiger partial charge in [-0.25, -0.2) is 0 Å². The number of ether oxygens (including phenoxy) is 1. The molecule has 1 unspecified atom stereocenters. The molecule has 0 aliphatic carbocycles.